The van der Waals surface area contributed by atoms with Crippen molar-refractivity contribution in [1.29, 1.82) is 0 Å². The molecule has 1 aromatic heterocycles. The predicted octanol–water partition coefficient (Wildman–Crippen LogP) is -2.75. The smallest absolute Gasteiger partial charge is 0.289 e. The molecule has 1 heterocycles. The number of rotatable bonds is 5. The van der Waals surface area contributed by atoms with E-state index < -0.39 is 31.3 Å². The highest BCUT2D eigenvalue weighted by Gasteiger charge is 2.31. The molecule has 0 saturated carbocycles. The third-order valence-electron chi connectivity index (χ3n) is 1.92. The molecule has 0 spiro atoms. The highest BCUT2D eigenvalue weighted by atomic mass is 16.3. The van der Waals surface area contributed by atoms with Gasteiger partial charge in [0.05, 0.1) is 19.8 Å². The van der Waals surface area contributed by atoms with Crippen LogP contribution in [0.25, 0.3) is 0 Å². The van der Waals surface area contributed by atoms with Crippen LogP contribution in [-0.2, 0) is 0 Å². The summed E-state index contributed by atoms with van der Waals surface area (Å²) in [4.78, 5) is 15.0. The van der Waals surface area contributed by atoms with E-state index in [4.69, 9.17) is 15.3 Å². The summed E-state index contributed by atoms with van der Waals surface area (Å²) >= 11 is 0. The Balaban J connectivity index is 2.71. The monoisotopic (exact) mass is 216 g/mol. The lowest BCUT2D eigenvalue weighted by atomic mass is 10.0. The van der Waals surface area contributed by atoms with Crippen LogP contribution in [0.3, 0.4) is 0 Å². The van der Waals surface area contributed by atoms with Crippen LogP contribution < -0.4 is 5.32 Å². The molecular weight excluding hydrogens is 204 g/mol. The number of aliphatic hydroxyl groups excluding tert-OH is 3. The van der Waals surface area contributed by atoms with Crippen molar-refractivity contribution in [3.8, 4) is 0 Å². The summed E-state index contributed by atoms with van der Waals surface area (Å²) in [6.45, 7) is -1.75. The van der Waals surface area contributed by atoms with Gasteiger partial charge in [-0.1, -0.05) is 0 Å². The van der Waals surface area contributed by atoms with E-state index in [2.05, 4.69) is 20.5 Å². The number of aromatic nitrogens is 3. The molecule has 0 unspecified atom stereocenters. The zero-order valence-electron chi connectivity index (χ0n) is 7.84. The minimum Gasteiger partial charge on any atom is -0.394 e. The Kier molecular flexibility index (Phi) is 3.72. The van der Waals surface area contributed by atoms with E-state index >= 15 is 0 Å². The van der Waals surface area contributed by atoms with Gasteiger partial charge in [0, 0.05) is 0 Å². The quantitative estimate of drug-likeness (QED) is 0.362. The molecule has 8 heteroatoms. The van der Waals surface area contributed by atoms with Crippen LogP contribution in [0.4, 0.5) is 0 Å². The molecule has 0 radical (unpaired) electrons. The first-order chi connectivity index (χ1) is 7.17. The van der Waals surface area contributed by atoms with Crippen molar-refractivity contribution < 1.29 is 20.1 Å². The molecule has 0 atom stereocenters. The van der Waals surface area contributed by atoms with Crippen molar-refractivity contribution in [1.82, 2.24) is 20.5 Å². The van der Waals surface area contributed by atoms with Gasteiger partial charge in [-0.3, -0.25) is 9.89 Å². The molecule has 5 N–H and O–H groups in total. The van der Waals surface area contributed by atoms with Crippen LogP contribution >= 0.6 is 0 Å². The maximum absolute atomic E-state index is 11.4. The molecule has 0 saturated heterocycles. The Morgan fingerprint density at radius 3 is 2.40 bits per heavy atom. The summed E-state index contributed by atoms with van der Waals surface area (Å²) in [5.74, 6) is -0.723. The zero-order chi connectivity index (χ0) is 11.3. The molecule has 1 aromatic rings. The third-order valence-corrected chi connectivity index (χ3v) is 1.92. The standard InChI is InChI=1S/C7H12N4O4/c12-1-7(2-13,3-14)10-6(15)5-8-4-9-11-5/h4,12-14H,1-3H2,(H,10,15)(H,8,9,11). The van der Waals surface area contributed by atoms with E-state index in [0.717, 1.165) is 6.33 Å². The van der Waals surface area contributed by atoms with Gasteiger partial charge in [0.25, 0.3) is 5.91 Å². The van der Waals surface area contributed by atoms with Crippen molar-refractivity contribution in [3.05, 3.63) is 12.2 Å². The van der Waals surface area contributed by atoms with Crippen molar-refractivity contribution in [2.24, 2.45) is 0 Å². The topological polar surface area (TPSA) is 131 Å². The average molecular weight is 216 g/mol. The fourth-order valence-electron chi connectivity index (χ4n) is 0.884. The second-order valence-electron chi connectivity index (χ2n) is 3.04. The first kappa shape index (κ1) is 11.6. The summed E-state index contributed by atoms with van der Waals surface area (Å²) in [5, 5.41) is 34.9. The maximum atomic E-state index is 11.4. The minimum absolute atomic E-state index is 0.0604. The molecule has 0 fully saturated rings. The van der Waals surface area contributed by atoms with Gasteiger partial charge in [0.1, 0.15) is 11.9 Å². The SMILES string of the molecule is O=C(NC(CO)(CO)CO)c1ncn[nH]1. The van der Waals surface area contributed by atoms with E-state index in [1.54, 1.807) is 0 Å². The molecule has 0 aliphatic heterocycles. The van der Waals surface area contributed by atoms with Gasteiger partial charge in [0.2, 0.25) is 5.82 Å². The Bertz CT molecular complexity index is 301. The van der Waals surface area contributed by atoms with E-state index in [1.807, 2.05) is 0 Å². The summed E-state index contributed by atoms with van der Waals surface area (Å²) < 4.78 is 0. The number of aromatic amines is 1. The molecule has 0 aliphatic rings. The van der Waals surface area contributed by atoms with Gasteiger partial charge in [0.15, 0.2) is 0 Å². The number of aliphatic hydroxyl groups is 3. The molecular formula is C7H12N4O4. The first-order valence-electron chi connectivity index (χ1n) is 4.18. The van der Waals surface area contributed by atoms with Gasteiger partial charge in [-0.05, 0) is 0 Å². The summed E-state index contributed by atoms with van der Waals surface area (Å²) in [5.41, 5.74) is -1.45. The van der Waals surface area contributed by atoms with Crippen LogP contribution in [0.2, 0.25) is 0 Å². The van der Waals surface area contributed by atoms with E-state index in [9.17, 15) is 4.79 Å². The molecule has 1 rings (SSSR count). The molecule has 15 heavy (non-hydrogen) atoms. The third kappa shape index (κ3) is 2.49. The van der Waals surface area contributed by atoms with Gasteiger partial charge < -0.3 is 20.6 Å². The highest BCUT2D eigenvalue weighted by Crippen LogP contribution is 2.02. The van der Waals surface area contributed by atoms with Gasteiger partial charge >= 0.3 is 0 Å². The lowest BCUT2D eigenvalue weighted by Crippen LogP contribution is -2.57. The molecule has 0 aromatic carbocycles. The Labute approximate surface area is 85.0 Å². The van der Waals surface area contributed by atoms with Crippen LogP contribution in [0, 0.1) is 0 Å². The van der Waals surface area contributed by atoms with Crippen molar-refractivity contribution in [2.45, 2.75) is 5.54 Å². The lowest BCUT2D eigenvalue weighted by molar-refractivity contribution is 0.0371. The molecule has 0 aliphatic carbocycles. The van der Waals surface area contributed by atoms with Crippen LogP contribution in [0.5, 0.6) is 0 Å². The fourth-order valence-corrected chi connectivity index (χ4v) is 0.884. The Morgan fingerprint density at radius 2 is 2.00 bits per heavy atom. The number of amides is 1. The van der Waals surface area contributed by atoms with Crippen LogP contribution in [-0.4, -0.2) is 61.8 Å². The van der Waals surface area contributed by atoms with E-state index in [0.29, 0.717) is 0 Å². The fraction of sp³-hybridized carbons (Fsp3) is 0.571. The maximum Gasteiger partial charge on any atom is 0.289 e. The largest absolute Gasteiger partial charge is 0.394 e. The Morgan fingerprint density at radius 1 is 1.40 bits per heavy atom. The number of nitrogens with zero attached hydrogens (tertiary/aromatic N) is 2. The van der Waals surface area contributed by atoms with Crippen LogP contribution in [0.1, 0.15) is 10.6 Å². The molecule has 0 bridgehead atoms. The summed E-state index contributed by atoms with van der Waals surface area (Å²) in [7, 11) is 0. The number of carbonyl (C=O) groups excluding carboxylic acids is 1. The average Bonchev–Trinajstić information content (AvgIpc) is 2.79. The highest BCUT2D eigenvalue weighted by molar-refractivity contribution is 5.90. The second kappa shape index (κ2) is 4.82. The normalized spacial score (nSPS) is 11.4. The summed E-state index contributed by atoms with van der Waals surface area (Å²) in [6.07, 6.45) is 1.15. The number of hydrogen-bond acceptors (Lipinski definition) is 6. The minimum atomic E-state index is -1.45. The van der Waals surface area contributed by atoms with Crippen LogP contribution in [0.15, 0.2) is 6.33 Å². The van der Waals surface area contributed by atoms with E-state index in [1.165, 1.54) is 0 Å². The van der Waals surface area contributed by atoms with Crippen molar-refractivity contribution in [3.63, 3.8) is 0 Å². The molecule has 84 valence electrons. The van der Waals surface area contributed by atoms with E-state index in [-0.39, 0.29) is 5.82 Å². The Hall–Kier alpha value is -1.51. The number of carbonyl (C=O) groups is 1. The second-order valence-corrected chi connectivity index (χ2v) is 3.04. The predicted molar refractivity (Wildman–Crippen MR) is 47.8 cm³/mol. The van der Waals surface area contributed by atoms with Gasteiger partial charge in [-0.25, -0.2) is 4.98 Å². The number of H-pyrrole nitrogens is 1. The molecule has 1 amide bonds. The zero-order valence-corrected chi connectivity index (χ0v) is 7.84. The molecule has 8 nitrogen and oxygen atoms in total. The number of nitrogens with one attached hydrogen (secondary N) is 2. The first-order valence-corrected chi connectivity index (χ1v) is 4.18. The summed E-state index contributed by atoms with van der Waals surface area (Å²) in [6, 6.07) is 0. The van der Waals surface area contributed by atoms with Gasteiger partial charge in [-0.2, -0.15) is 5.10 Å². The van der Waals surface area contributed by atoms with Crippen molar-refractivity contribution in [2.75, 3.05) is 19.8 Å². The number of hydrogen-bond donors (Lipinski definition) is 5. The van der Waals surface area contributed by atoms with Gasteiger partial charge in [-0.15, -0.1) is 0 Å². The van der Waals surface area contributed by atoms with Crippen molar-refractivity contribution >= 4 is 5.91 Å². The lowest BCUT2D eigenvalue weighted by Gasteiger charge is -2.27.